The van der Waals surface area contributed by atoms with Crippen LogP contribution >= 0.6 is 0 Å². The number of fused-ring (bicyclic) bond motifs is 1. The molecule has 0 aromatic heterocycles. The van der Waals surface area contributed by atoms with E-state index in [2.05, 4.69) is 16.0 Å². The third-order valence-electron chi connectivity index (χ3n) is 5.92. The first-order valence-corrected chi connectivity index (χ1v) is 10.5. The Kier molecular flexibility index (Phi) is 5.87. The Labute approximate surface area is 170 Å². The molecule has 156 valence electrons. The van der Waals surface area contributed by atoms with Crippen molar-refractivity contribution in [3.05, 3.63) is 23.8 Å². The highest BCUT2D eigenvalue weighted by molar-refractivity contribution is 5.99. The van der Waals surface area contributed by atoms with Gasteiger partial charge in [-0.25, -0.2) is 4.79 Å². The smallest absolute Gasteiger partial charge is 0.317 e. The topological polar surface area (TPSA) is 99.8 Å². The molecule has 2 fully saturated rings. The maximum Gasteiger partial charge on any atom is 0.317 e. The van der Waals surface area contributed by atoms with Crippen molar-refractivity contribution in [1.82, 2.24) is 15.5 Å². The van der Waals surface area contributed by atoms with E-state index in [4.69, 9.17) is 4.74 Å². The van der Waals surface area contributed by atoms with E-state index in [-0.39, 0.29) is 30.5 Å². The van der Waals surface area contributed by atoms with Gasteiger partial charge in [-0.3, -0.25) is 9.59 Å². The number of rotatable bonds is 3. The van der Waals surface area contributed by atoms with Gasteiger partial charge in [0.15, 0.2) is 6.61 Å². The van der Waals surface area contributed by atoms with Crippen LogP contribution in [0.1, 0.15) is 55.3 Å². The van der Waals surface area contributed by atoms with Crippen LogP contribution in [0.2, 0.25) is 0 Å². The number of piperidine rings is 1. The summed E-state index contributed by atoms with van der Waals surface area (Å²) >= 11 is 0. The van der Waals surface area contributed by atoms with Gasteiger partial charge in [0, 0.05) is 30.7 Å². The number of benzene rings is 1. The number of nitrogens with zero attached hydrogens (tertiary/aromatic N) is 1. The van der Waals surface area contributed by atoms with Crippen molar-refractivity contribution < 1.29 is 19.1 Å². The number of carbonyl (C=O) groups excluding carboxylic acids is 3. The number of urea groups is 1. The van der Waals surface area contributed by atoms with Crippen LogP contribution < -0.4 is 20.7 Å². The summed E-state index contributed by atoms with van der Waals surface area (Å²) in [5, 5.41) is 8.91. The summed E-state index contributed by atoms with van der Waals surface area (Å²) in [6, 6.07) is 5.38. The molecule has 0 atom stereocenters. The molecule has 1 aromatic rings. The highest BCUT2D eigenvalue weighted by Gasteiger charge is 2.26. The quantitative estimate of drug-likeness (QED) is 0.725. The lowest BCUT2D eigenvalue weighted by atomic mass is 9.95. The number of hydrogen-bond donors (Lipinski definition) is 3. The average Bonchev–Trinajstić information content (AvgIpc) is 2.74. The van der Waals surface area contributed by atoms with Crippen LogP contribution in [-0.4, -0.2) is 54.5 Å². The molecule has 8 heteroatoms. The first kappa shape index (κ1) is 19.5. The van der Waals surface area contributed by atoms with Gasteiger partial charge in [-0.1, -0.05) is 19.3 Å². The Balaban J connectivity index is 1.26. The zero-order chi connectivity index (χ0) is 20.2. The Hall–Kier alpha value is -2.77. The second-order valence-electron chi connectivity index (χ2n) is 8.07. The van der Waals surface area contributed by atoms with Crippen molar-refractivity contribution >= 4 is 23.5 Å². The zero-order valence-corrected chi connectivity index (χ0v) is 16.5. The summed E-state index contributed by atoms with van der Waals surface area (Å²) < 4.78 is 5.32. The van der Waals surface area contributed by atoms with E-state index in [0.29, 0.717) is 36.1 Å². The molecule has 1 aliphatic carbocycles. The molecule has 4 amide bonds. The molecule has 1 aromatic carbocycles. The van der Waals surface area contributed by atoms with E-state index in [1.165, 1.54) is 19.3 Å². The minimum atomic E-state index is -0.228. The van der Waals surface area contributed by atoms with E-state index in [1.807, 2.05) is 4.90 Å². The van der Waals surface area contributed by atoms with E-state index in [0.717, 1.165) is 25.7 Å². The molecule has 0 unspecified atom stereocenters. The number of amides is 4. The Bertz CT molecular complexity index is 783. The van der Waals surface area contributed by atoms with E-state index >= 15 is 0 Å². The van der Waals surface area contributed by atoms with Crippen LogP contribution in [0.3, 0.4) is 0 Å². The predicted octanol–water partition coefficient (Wildman–Crippen LogP) is 2.25. The van der Waals surface area contributed by atoms with Crippen molar-refractivity contribution in [2.75, 3.05) is 25.0 Å². The predicted molar refractivity (Wildman–Crippen MR) is 108 cm³/mol. The van der Waals surface area contributed by atoms with Gasteiger partial charge in [0.25, 0.3) is 11.8 Å². The van der Waals surface area contributed by atoms with Crippen molar-refractivity contribution in [3.63, 3.8) is 0 Å². The van der Waals surface area contributed by atoms with Crippen LogP contribution in [0.25, 0.3) is 0 Å². The molecular weight excluding hydrogens is 372 g/mol. The van der Waals surface area contributed by atoms with Crippen LogP contribution in [0, 0.1) is 0 Å². The lowest BCUT2D eigenvalue weighted by Gasteiger charge is -2.34. The van der Waals surface area contributed by atoms with Gasteiger partial charge in [0.1, 0.15) is 5.75 Å². The van der Waals surface area contributed by atoms with E-state index in [9.17, 15) is 14.4 Å². The minimum absolute atomic E-state index is 0.00849. The SMILES string of the molecule is O=C1COc2ccc(C(=O)NC3CCN(C(=O)NC4CCCCC4)CC3)cc2N1. The summed E-state index contributed by atoms with van der Waals surface area (Å²) in [4.78, 5) is 38.4. The first-order chi connectivity index (χ1) is 14.1. The monoisotopic (exact) mass is 400 g/mol. The largest absolute Gasteiger partial charge is 0.482 e. The van der Waals surface area contributed by atoms with Crippen molar-refractivity contribution in [2.45, 2.75) is 57.0 Å². The lowest BCUT2D eigenvalue weighted by molar-refractivity contribution is -0.118. The standard InChI is InChI=1S/C21H28N4O4/c26-19-13-29-18-7-6-14(12-17(18)24-19)20(27)22-16-8-10-25(11-9-16)21(28)23-15-4-2-1-3-5-15/h6-7,12,15-16H,1-5,8-11,13H2,(H,22,27)(H,23,28)(H,24,26). The van der Waals surface area contributed by atoms with Crippen LogP contribution in [0.4, 0.5) is 10.5 Å². The molecular formula is C21H28N4O4. The van der Waals surface area contributed by atoms with Gasteiger partial charge in [-0.2, -0.15) is 0 Å². The maximum absolute atomic E-state index is 12.6. The zero-order valence-electron chi connectivity index (χ0n) is 16.5. The Morgan fingerprint density at radius 1 is 1.00 bits per heavy atom. The Morgan fingerprint density at radius 3 is 2.48 bits per heavy atom. The fraction of sp³-hybridized carbons (Fsp3) is 0.571. The normalized spacial score (nSPS) is 20.3. The first-order valence-electron chi connectivity index (χ1n) is 10.5. The molecule has 2 aliphatic heterocycles. The van der Waals surface area contributed by atoms with Crippen molar-refractivity contribution in [1.29, 1.82) is 0 Å². The van der Waals surface area contributed by atoms with Crippen LogP contribution in [-0.2, 0) is 4.79 Å². The number of likely N-dealkylation sites (tertiary alicyclic amines) is 1. The molecule has 0 spiro atoms. The molecule has 4 rings (SSSR count). The second kappa shape index (κ2) is 8.71. The fourth-order valence-corrected chi connectivity index (χ4v) is 4.23. The molecule has 1 saturated heterocycles. The molecule has 0 radical (unpaired) electrons. The molecule has 3 aliphatic rings. The van der Waals surface area contributed by atoms with E-state index < -0.39 is 0 Å². The molecule has 3 N–H and O–H groups in total. The summed E-state index contributed by atoms with van der Waals surface area (Å²) in [7, 11) is 0. The third kappa shape index (κ3) is 4.81. The molecule has 8 nitrogen and oxygen atoms in total. The lowest BCUT2D eigenvalue weighted by Crippen LogP contribution is -2.51. The van der Waals surface area contributed by atoms with Crippen molar-refractivity contribution in [2.24, 2.45) is 0 Å². The molecule has 29 heavy (non-hydrogen) atoms. The second-order valence-corrected chi connectivity index (χ2v) is 8.07. The van der Waals surface area contributed by atoms with Gasteiger partial charge < -0.3 is 25.6 Å². The van der Waals surface area contributed by atoms with Crippen molar-refractivity contribution in [3.8, 4) is 5.75 Å². The van der Waals surface area contributed by atoms with Gasteiger partial charge in [-0.15, -0.1) is 0 Å². The minimum Gasteiger partial charge on any atom is -0.482 e. The summed E-state index contributed by atoms with van der Waals surface area (Å²) in [5.74, 6) is 0.157. The maximum atomic E-state index is 12.6. The highest BCUT2D eigenvalue weighted by atomic mass is 16.5. The van der Waals surface area contributed by atoms with Crippen LogP contribution in [0.5, 0.6) is 5.75 Å². The van der Waals surface area contributed by atoms with Gasteiger partial charge in [-0.05, 0) is 43.9 Å². The molecule has 0 bridgehead atoms. The third-order valence-corrected chi connectivity index (χ3v) is 5.92. The van der Waals surface area contributed by atoms with Gasteiger partial charge in [0.2, 0.25) is 0 Å². The summed E-state index contributed by atoms with van der Waals surface area (Å²) in [6.07, 6.45) is 7.26. The molecule has 2 heterocycles. The highest BCUT2D eigenvalue weighted by Crippen LogP contribution is 2.28. The number of ether oxygens (including phenoxy) is 1. The molecule has 1 saturated carbocycles. The summed E-state index contributed by atoms with van der Waals surface area (Å²) in [6.45, 7) is 1.26. The number of hydrogen-bond acceptors (Lipinski definition) is 4. The Morgan fingerprint density at radius 2 is 1.72 bits per heavy atom. The van der Waals surface area contributed by atoms with Gasteiger partial charge >= 0.3 is 6.03 Å². The average molecular weight is 400 g/mol. The number of carbonyl (C=O) groups is 3. The number of anilines is 1. The summed E-state index contributed by atoms with van der Waals surface area (Å²) in [5.41, 5.74) is 0.995. The number of nitrogens with one attached hydrogen (secondary N) is 3. The van der Waals surface area contributed by atoms with Crippen LogP contribution in [0.15, 0.2) is 18.2 Å². The van der Waals surface area contributed by atoms with Gasteiger partial charge in [0.05, 0.1) is 5.69 Å². The fourth-order valence-electron chi connectivity index (χ4n) is 4.23. The van der Waals surface area contributed by atoms with E-state index in [1.54, 1.807) is 18.2 Å².